The fraction of sp³-hybridized carbons (Fsp3) is 0. The van der Waals surface area contributed by atoms with Crippen molar-refractivity contribution in [2.24, 2.45) is 0 Å². The molecule has 0 aromatic heterocycles. The van der Waals surface area contributed by atoms with Crippen LogP contribution in [0.1, 0.15) is 0 Å². The summed E-state index contributed by atoms with van der Waals surface area (Å²) in [4.78, 5) is 16.7. The van der Waals surface area contributed by atoms with E-state index in [2.05, 4.69) is 0 Å². The van der Waals surface area contributed by atoms with E-state index in [1.54, 1.807) is 0 Å². The molecule has 11 heavy (non-hydrogen) atoms. The van der Waals surface area contributed by atoms with Gasteiger partial charge in [0.2, 0.25) is 0 Å². The van der Waals surface area contributed by atoms with Crippen LogP contribution in [-0.4, -0.2) is 26.1 Å². The summed E-state index contributed by atoms with van der Waals surface area (Å²) >= 11 is 0.300. The Labute approximate surface area is 74.2 Å². The number of hydrogen-bond acceptors (Lipinski definition) is 5. The zero-order valence-electron chi connectivity index (χ0n) is 4.83. The third-order valence-electron chi connectivity index (χ3n) is 0. The van der Waals surface area contributed by atoms with E-state index in [1.165, 1.54) is 0 Å². The molecule has 0 rings (SSSR count). The molecule has 0 aromatic rings. The molecule has 0 aromatic carbocycles. The fourth-order valence-corrected chi connectivity index (χ4v) is 0. The second-order valence-corrected chi connectivity index (χ2v) is 0.476. The zero-order chi connectivity index (χ0) is 9.15. The van der Waals surface area contributed by atoms with Crippen LogP contribution >= 0.6 is 0 Å². The molecule has 0 aliphatic rings. The van der Waals surface area contributed by atoms with Crippen LogP contribution in [0.5, 0.6) is 0 Å². The number of rotatable bonds is 0. The van der Waals surface area contributed by atoms with Gasteiger partial charge in [-0.25, -0.2) is 0 Å². The topological polar surface area (TPSA) is 175 Å². The maximum atomic E-state index is 8.36. The fourth-order valence-electron chi connectivity index (χ4n) is 0. The van der Waals surface area contributed by atoms with Crippen molar-refractivity contribution >= 4 is 0 Å². The monoisotopic (exact) mass is 250 g/mol. The van der Waals surface area contributed by atoms with E-state index < -0.39 is 10.2 Å². The predicted molar refractivity (Wildman–Crippen MR) is 21.9 cm³/mol. The Morgan fingerprint density at radius 3 is 1.00 bits per heavy atom. The van der Waals surface area contributed by atoms with Crippen LogP contribution in [0.4, 0.5) is 0 Å². The first-order valence-electron chi connectivity index (χ1n) is 1.33. The quantitative estimate of drug-likeness (QED) is 0.383. The minimum absolute atomic E-state index is 0. The molecule has 0 radical (unpaired) electrons. The zero-order valence-corrected chi connectivity index (χ0v) is 7.29. The van der Waals surface area contributed by atoms with Crippen molar-refractivity contribution in [1.82, 2.24) is 0 Å². The number of nitrogens with zero attached hydrogens (tertiary/aromatic N) is 2. The van der Waals surface area contributed by atoms with Gasteiger partial charge in [0.15, 0.2) is 0 Å². The van der Waals surface area contributed by atoms with Crippen LogP contribution in [0.15, 0.2) is 0 Å². The summed E-state index contributed by atoms with van der Waals surface area (Å²) in [5.74, 6) is 0. The van der Waals surface area contributed by atoms with Gasteiger partial charge in [-0.15, -0.1) is 20.2 Å². The molecule has 0 unspecified atom stereocenters. The molecular weight excluding hydrogens is 247 g/mol. The molecular formula is H4N2O8Zr. The first-order chi connectivity index (χ1) is 4.46. The van der Waals surface area contributed by atoms with Gasteiger partial charge in [-0.3, -0.25) is 0 Å². The Bertz CT molecular complexity index is 80.3. The summed E-state index contributed by atoms with van der Waals surface area (Å²) in [6, 6.07) is 0. The Balaban J connectivity index is -0.0000000339. The molecule has 4 N–H and O–H groups in total. The summed E-state index contributed by atoms with van der Waals surface area (Å²) in [5.41, 5.74) is 0. The summed E-state index contributed by atoms with van der Waals surface area (Å²) in [7, 11) is 0. The summed E-state index contributed by atoms with van der Waals surface area (Å²) < 4.78 is 8.34. The number of hydrogen-bond donors (Lipinski definition) is 2. The van der Waals surface area contributed by atoms with Gasteiger partial charge in [-0.1, -0.05) is 0 Å². The molecule has 0 saturated heterocycles. The third kappa shape index (κ3) is 490. The van der Waals surface area contributed by atoms with Gasteiger partial charge in [-0.2, -0.15) is 0 Å². The molecule has 0 fully saturated rings. The van der Waals surface area contributed by atoms with E-state index in [9.17, 15) is 0 Å². The Kier molecular flexibility index (Phi) is 47.0. The van der Waals surface area contributed by atoms with Gasteiger partial charge in [0.1, 0.15) is 0 Å². The van der Waals surface area contributed by atoms with Crippen molar-refractivity contribution in [2.75, 3.05) is 0 Å². The summed E-state index contributed by atoms with van der Waals surface area (Å²) in [5, 5.41) is 27.3. The Morgan fingerprint density at radius 1 is 1.00 bits per heavy atom. The predicted octanol–water partition coefficient (Wildman–Crippen LogP) is -1.64. The van der Waals surface area contributed by atoms with Crippen molar-refractivity contribution in [3.63, 3.8) is 0 Å². The van der Waals surface area contributed by atoms with Gasteiger partial charge in [-0.05, 0) is 0 Å². The Hall–Kier alpha value is -0.957. The van der Waals surface area contributed by atoms with Crippen LogP contribution in [-0.2, 0) is 27.5 Å². The first kappa shape index (κ1) is 22.5. The van der Waals surface area contributed by atoms with E-state index in [0.29, 0.717) is 24.7 Å². The van der Waals surface area contributed by atoms with Gasteiger partial charge >= 0.3 is 27.5 Å². The molecule has 0 aliphatic carbocycles. The molecule has 0 aliphatic heterocycles. The van der Waals surface area contributed by atoms with Gasteiger partial charge < -0.3 is 15.9 Å². The van der Waals surface area contributed by atoms with Crippen LogP contribution < -0.4 is 0 Å². The Morgan fingerprint density at radius 2 is 1.00 bits per heavy atom. The third-order valence-corrected chi connectivity index (χ3v) is 0. The molecule has 0 bridgehead atoms. The average molecular weight is 251 g/mol. The van der Waals surface area contributed by atoms with Crippen molar-refractivity contribution in [3.05, 3.63) is 20.2 Å². The SMILES string of the molecule is O.O=[N+]([O-])O.O=[N+]([O-])O.[O]=[Zr]. The van der Waals surface area contributed by atoms with Gasteiger partial charge in [0.25, 0.3) is 10.2 Å². The minimum atomic E-state index is -1.50. The molecule has 10 nitrogen and oxygen atoms in total. The molecule has 0 spiro atoms. The van der Waals surface area contributed by atoms with Gasteiger partial charge in [0, 0.05) is 0 Å². The second kappa shape index (κ2) is 23.0. The van der Waals surface area contributed by atoms with Crippen molar-refractivity contribution in [3.8, 4) is 0 Å². The average Bonchev–Trinajstić information content (AvgIpc) is 1.66. The standard InChI is InChI=1S/2HNO3.H2O.O.Zr/c2*2-1(3)4;;;/h2*(H,2,3,4);1H2;;. The van der Waals surface area contributed by atoms with E-state index in [4.69, 9.17) is 33.5 Å². The van der Waals surface area contributed by atoms with E-state index in [-0.39, 0.29) is 5.48 Å². The van der Waals surface area contributed by atoms with Crippen LogP contribution in [0.25, 0.3) is 0 Å². The van der Waals surface area contributed by atoms with Crippen molar-refractivity contribution in [2.45, 2.75) is 0 Å². The van der Waals surface area contributed by atoms with Crippen LogP contribution in [0, 0.1) is 20.2 Å². The molecule has 0 atom stereocenters. The van der Waals surface area contributed by atoms with Crippen molar-refractivity contribution < 1.29 is 53.6 Å². The van der Waals surface area contributed by atoms with E-state index >= 15 is 0 Å². The van der Waals surface area contributed by atoms with E-state index in [1.807, 2.05) is 0 Å². The first-order valence-corrected chi connectivity index (χ1v) is 2.34. The summed E-state index contributed by atoms with van der Waals surface area (Å²) in [6.45, 7) is 0. The molecule has 66 valence electrons. The van der Waals surface area contributed by atoms with Crippen LogP contribution in [0.3, 0.4) is 0 Å². The maximum absolute atomic E-state index is 8.36. The molecule has 0 amide bonds. The summed E-state index contributed by atoms with van der Waals surface area (Å²) in [6.07, 6.45) is 0. The molecule has 0 heterocycles. The van der Waals surface area contributed by atoms with E-state index in [0.717, 1.165) is 0 Å². The second-order valence-electron chi connectivity index (χ2n) is 0.476. The molecule has 0 saturated carbocycles. The van der Waals surface area contributed by atoms with Crippen LogP contribution in [0.2, 0.25) is 0 Å². The van der Waals surface area contributed by atoms with Crippen molar-refractivity contribution in [1.29, 1.82) is 0 Å². The molecule has 11 heteroatoms. The normalized spacial score (nSPS) is 4.64. The van der Waals surface area contributed by atoms with Gasteiger partial charge in [0.05, 0.1) is 0 Å².